The van der Waals surface area contributed by atoms with Gasteiger partial charge in [0.1, 0.15) is 4.88 Å². The SMILES string of the molecule is CC(N)C1CCCN(C(=O)c2sc3cc(Cl)ccc3c2Cl)C1.Cl. The van der Waals surface area contributed by atoms with Gasteiger partial charge in [-0.2, -0.15) is 0 Å². The van der Waals surface area contributed by atoms with Crippen LogP contribution in [0.3, 0.4) is 0 Å². The summed E-state index contributed by atoms with van der Waals surface area (Å²) in [4.78, 5) is 15.3. The normalized spacial score (nSPS) is 19.5. The summed E-state index contributed by atoms with van der Waals surface area (Å²) in [6.45, 7) is 3.49. The zero-order valence-electron chi connectivity index (χ0n) is 12.7. The van der Waals surface area contributed by atoms with Crippen LogP contribution in [0.25, 0.3) is 10.1 Å². The third-order valence-electron chi connectivity index (χ3n) is 4.27. The number of nitrogens with two attached hydrogens (primary N) is 1. The van der Waals surface area contributed by atoms with Crippen LogP contribution in [0.15, 0.2) is 18.2 Å². The Morgan fingerprint density at radius 1 is 1.43 bits per heavy atom. The molecule has 0 aliphatic carbocycles. The molecule has 0 saturated carbocycles. The van der Waals surface area contributed by atoms with Crippen LogP contribution in [0.4, 0.5) is 0 Å². The molecule has 3 nitrogen and oxygen atoms in total. The minimum absolute atomic E-state index is 0. The average Bonchev–Trinajstić information content (AvgIpc) is 2.83. The molecule has 1 saturated heterocycles. The fraction of sp³-hybridized carbons (Fsp3) is 0.438. The number of benzene rings is 1. The highest BCUT2D eigenvalue weighted by Crippen LogP contribution is 2.37. The molecular formula is C16H19Cl3N2OS. The van der Waals surface area contributed by atoms with Crippen molar-refractivity contribution >= 4 is 62.9 Å². The van der Waals surface area contributed by atoms with Crippen LogP contribution in [0, 0.1) is 5.92 Å². The van der Waals surface area contributed by atoms with Gasteiger partial charge in [0.15, 0.2) is 0 Å². The van der Waals surface area contributed by atoms with Gasteiger partial charge in [-0.1, -0.05) is 29.3 Å². The summed E-state index contributed by atoms with van der Waals surface area (Å²) in [5.74, 6) is 0.368. The van der Waals surface area contributed by atoms with Crippen LogP contribution in [0.1, 0.15) is 29.4 Å². The standard InChI is InChI=1S/C16H18Cl2N2OS.ClH/c1-9(19)10-3-2-6-20(8-10)16(21)15-14(18)12-5-4-11(17)7-13(12)22-15;/h4-5,7,9-10H,2-3,6,8,19H2,1H3;1H. The van der Waals surface area contributed by atoms with E-state index in [9.17, 15) is 4.79 Å². The molecule has 1 fully saturated rings. The summed E-state index contributed by atoms with van der Waals surface area (Å²) in [7, 11) is 0. The fourth-order valence-electron chi connectivity index (χ4n) is 2.94. The number of rotatable bonds is 2. The fourth-order valence-corrected chi connectivity index (χ4v) is 4.70. The second kappa shape index (κ2) is 7.58. The molecule has 2 aromatic rings. The molecule has 0 bridgehead atoms. The Morgan fingerprint density at radius 3 is 2.87 bits per heavy atom. The molecule has 7 heteroatoms. The maximum Gasteiger partial charge on any atom is 0.265 e. The van der Waals surface area contributed by atoms with E-state index in [2.05, 4.69) is 0 Å². The number of carbonyl (C=O) groups excluding carboxylic acids is 1. The number of hydrogen-bond acceptors (Lipinski definition) is 3. The van der Waals surface area contributed by atoms with E-state index < -0.39 is 0 Å². The lowest BCUT2D eigenvalue weighted by atomic mass is 9.92. The first-order chi connectivity index (χ1) is 10.5. The molecule has 2 atom stereocenters. The van der Waals surface area contributed by atoms with Crippen molar-refractivity contribution in [1.29, 1.82) is 0 Å². The number of hydrogen-bond donors (Lipinski definition) is 1. The van der Waals surface area contributed by atoms with Gasteiger partial charge in [-0.15, -0.1) is 23.7 Å². The Morgan fingerprint density at radius 2 is 2.17 bits per heavy atom. The predicted octanol–water partition coefficient (Wildman–Crippen LogP) is 4.83. The number of fused-ring (bicyclic) bond motifs is 1. The first-order valence-electron chi connectivity index (χ1n) is 7.39. The molecule has 1 aromatic heterocycles. The van der Waals surface area contributed by atoms with E-state index >= 15 is 0 Å². The Bertz CT molecular complexity index is 717. The van der Waals surface area contributed by atoms with Gasteiger partial charge in [0.05, 0.1) is 5.02 Å². The van der Waals surface area contributed by atoms with E-state index in [1.807, 2.05) is 24.0 Å². The van der Waals surface area contributed by atoms with Crippen molar-refractivity contribution in [2.24, 2.45) is 11.7 Å². The Balaban J connectivity index is 0.00000192. The minimum atomic E-state index is 0. The molecular weight excluding hydrogens is 375 g/mol. The molecule has 1 aliphatic heterocycles. The highest BCUT2D eigenvalue weighted by Gasteiger charge is 2.29. The second-order valence-corrected chi connectivity index (χ2v) is 7.76. The van der Waals surface area contributed by atoms with Crippen molar-refractivity contribution in [1.82, 2.24) is 4.90 Å². The first kappa shape index (κ1) is 18.8. The van der Waals surface area contributed by atoms with Gasteiger partial charge in [0.25, 0.3) is 5.91 Å². The topological polar surface area (TPSA) is 46.3 Å². The molecule has 0 radical (unpaired) electrons. The van der Waals surface area contributed by atoms with Crippen LogP contribution in [0.5, 0.6) is 0 Å². The van der Waals surface area contributed by atoms with Crippen molar-refractivity contribution in [3.8, 4) is 0 Å². The van der Waals surface area contributed by atoms with Gasteiger partial charge < -0.3 is 10.6 Å². The highest BCUT2D eigenvalue weighted by atomic mass is 35.5. The zero-order chi connectivity index (χ0) is 15.9. The third-order valence-corrected chi connectivity index (χ3v) is 6.15. The summed E-state index contributed by atoms with van der Waals surface area (Å²) in [6.07, 6.45) is 2.07. The van der Waals surface area contributed by atoms with E-state index in [0.29, 0.717) is 27.4 Å². The van der Waals surface area contributed by atoms with E-state index in [0.717, 1.165) is 29.5 Å². The molecule has 126 valence electrons. The smallest absolute Gasteiger partial charge is 0.265 e. The first-order valence-corrected chi connectivity index (χ1v) is 8.97. The summed E-state index contributed by atoms with van der Waals surface area (Å²) in [5.41, 5.74) is 6.00. The number of carbonyl (C=O) groups is 1. The van der Waals surface area contributed by atoms with Gasteiger partial charge in [-0.3, -0.25) is 4.79 Å². The molecule has 1 aromatic carbocycles. The van der Waals surface area contributed by atoms with Crippen LogP contribution in [-0.4, -0.2) is 29.9 Å². The lowest BCUT2D eigenvalue weighted by Crippen LogP contribution is -2.44. The molecule has 2 unspecified atom stereocenters. The average molecular weight is 394 g/mol. The monoisotopic (exact) mass is 392 g/mol. The minimum Gasteiger partial charge on any atom is -0.338 e. The molecule has 1 aliphatic rings. The zero-order valence-corrected chi connectivity index (χ0v) is 15.9. The van der Waals surface area contributed by atoms with Crippen molar-refractivity contribution in [2.45, 2.75) is 25.8 Å². The van der Waals surface area contributed by atoms with E-state index in [1.165, 1.54) is 11.3 Å². The number of amides is 1. The van der Waals surface area contributed by atoms with Crippen molar-refractivity contribution in [2.75, 3.05) is 13.1 Å². The lowest BCUT2D eigenvalue weighted by Gasteiger charge is -2.34. The van der Waals surface area contributed by atoms with Crippen LogP contribution < -0.4 is 5.73 Å². The molecule has 2 heterocycles. The van der Waals surface area contributed by atoms with Gasteiger partial charge in [-0.25, -0.2) is 0 Å². The molecule has 23 heavy (non-hydrogen) atoms. The second-order valence-electron chi connectivity index (χ2n) is 5.90. The van der Waals surface area contributed by atoms with Crippen molar-refractivity contribution in [3.63, 3.8) is 0 Å². The third kappa shape index (κ3) is 3.77. The van der Waals surface area contributed by atoms with Gasteiger partial charge in [0, 0.05) is 34.2 Å². The number of thiophene rings is 1. The van der Waals surface area contributed by atoms with Crippen molar-refractivity contribution < 1.29 is 4.79 Å². The molecule has 1 amide bonds. The number of piperidine rings is 1. The maximum atomic E-state index is 12.8. The molecule has 2 N–H and O–H groups in total. The molecule has 0 spiro atoms. The van der Waals surface area contributed by atoms with Crippen LogP contribution in [-0.2, 0) is 0 Å². The van der Waals surface area contributed by atoms with Gasteiger partial charge in [0.2, 0.25) is 0 Å². The number of nitrogens with zero attached hydrogens (tertiary/aromatic N) is 1. The van der Waals surface area contributed by atoms with Gasteiger partial charge >= 0.3 is 0 Å². The van der Waals surface area contributed by atoms with E-state index in [-0.39, 0.29) is 24.4 Å². The highest BCUT2D eigenvalue weighted by molar-refractivity contribution is 7.21. The Kier molecular flexibility index (Phi) is 6.20. The largest absolute Gasteiger partial charge is 0.338 e. The summed E-state index contributed by atoms with van der Waals surface area (Å²) >= 11 is 13.8. The quantitative estimate of drug-likeness (QED) is 0.794. The van der Waals surface area contributed by atoms with Crippen LogP contribution >= 0.6 is 46.9 Å². The Hall–Kier alpha value is -0.520. The lowest BCUT2D eigenvalue weighted by molar-refractivity contribution is 0.0666. The van der Waals surface area contributed by atoms with E-state index in [1.54, 1.807) is 6.07 Å². The van der Waals surface area contributed by atoms with Crippen LogP contribution in [0.2, 0.25) is 10.0 Å². The number of halogens is 3. The Labute approximate surface area is 156 Å². The van der Waals surface area contributed by atoms with Gasteiger partial charge in [-0.05, 0) is 37.8 Å². The summed E-state index contributed by atoms with van der Waals surface area (Å²) < 4.78 is 0.946. The maximum absolute atomic E-state index is 12.8. The van der Waals surface area contributed by atoms with E-state index in [4.69, 9.17) is 28.9 Å². The molecule has 3 rings (SSSR count). The summed E-state index contributed by atoms with van der Waals surface area (Å²) in [5, 5.41) is 2.07. The summed E-state index contributed by atoms with van der Waals surface area (Å²) in [6, 6.07) is 5.62. The number of likely N-dealkylation sites (tertiary alicyclic amines) is 1. The predicted molar refractivity (Wildman–Crippen MR) is 101 cm³/mol. The van der Waals surface area contributed by atoms with Crippen molar-refractivity contribution in [3.05, 3.63) is 33.1 Å².